The van der Waals surface area contributed by atoms with Crippen LogP contribution in [0.1, 0.15) is 6.42 Å². The van der Waals surface area contributed by atoms with Gasteiger partial charge in [0.15, 0.2) is 0 Å². The maximum Gasteiger partial charge on any atom is 0.208 e. The number of hydrogen-bond acceptors (Lipinski definition) is 5. The van der Waals surface area contributed by atoms with Gasteiger partial charge in [-0.25, -0.2) is 0 Å². The minimum Gasteiger partial charge on any atom is -0.346 e. The van der Waals surface area contributed by atoms with Gasteiger partial charge in [-0.05, 0) is 25.9 Å². The first-order chi connectivity index (χ1) is 6.40. The van der Waals surface area contributed by atoms with Crippen molar-refractivity contribution in [1.82, 2.24) is 15.5 Å². The minimum absolute atomic E-state index is 0.772. The second-order valence-electron chi connectivity index (χ2n) is 3.38. The molecule has 0 spiro atoms. The summed E-state index contributed by atoms with van der Waals surface area (Å²) >= 11 is 1.62. The number of rotatable bonds is 3. The Labute approximate surface area is 82.0 Å². The van der Waals surface area contributed by atoms with E-state index in [1.807, 2.05) is 7.05 Å². The number of nitrogens with one attached hydrogen (secondary N) is 1. The molecule has 1 N–H and O–H groups in total. The highest BCUT2D eigenvalue weighted by molar-refractivity contribution is 7.13. The van der Waals surface area contributed by atoms with Crippen LogP contribution in [-0.4, -0.2) is 36.9 Å². The zero-order valence-electron chi connectivity index (χ0n) is 7.73. The Morgan fingerprint density at radius 2 is 2.69 bits per heavy atom. The number of anilines is 1. The summed E-state index contributed by atoms with van der Waals surface area (Å²) < 4.78 is 0. The molecule has 0 radical (unpaired) electrons. The van der Waals surface area contributed by atoms with Crippen LogP contribution in [0.2, 0.25) is 0 Å². The van der Waals surface area contributed by atoms with E-state index in [1.54, 1.807) is 16.8 Å². The lowest BCUT2D eigenvalue weighted by atomic mass is 10.1. The van der Waals surface area contributed by atoms with E-state index >= 15 is 0 Å². The van der Waals surface area contributed by atoms with Crippen LogP contribution in [0, 0.1) is 5.92 Å². The Morgan fingerprint density at radius 3 is 3.38 bits per heavy atom. The van der Waals surface area contributed by atoms with Gasteiger partial charge in [-0.1, -0.05) is 11.3 Å². The van der Waals surface area contributed by atoms with Crippen molar-refractivity contribution in [2.45, 2.75) is 6.42 Å². The predicted molar refractivity (Wildman–Crippen MR) is 54.2 cm³/mol. The summed E-state index contributed by atoms with van der Waals surface area (Å²) in [5.74, 6) is 0.772. The highest BCUT2D eigenvalue weighted by atomic mass is 32.1. The molecular weight excluding hydrogens is 184 g/mol. The summed E-state index contributed by atoms with van der Waals surface area (Å²) in [5.41, 5.74) is 1.79. The lowest BCUT2D eigenvalue weighted by Gasteiger charge is -2.13. The molecule has 72 valence electrons. The van der Waals surface area contributed by atoms with E-state index in [2.05, 4.69) is 20.4 Å². The van der Waals surface area contributed by atoms with E-state index in [-0.39, 0.29) is 0 Å². The standard InChI is InChI=1S/C8H14N4S/c1-9-4-7-2-3-12(5-7)8-11-10-6-13-8/h6-7,9H,2-5H2,1H3. The molecule has 1 aliphatic rings. The second kappa shape index (κ2) is 4.02. The zero-order valence-corrected chi connectivity index (χ0v) is 8.55. The summed E-state index contributed by atoms with van der Waals surface area (Å²) in [4.78, 5) is 2.32. The van der Waals surface area contributed by atoms with Gasteiger partial charge >= 0.3 is 0 Å². The molecule has 1 aliphatic heterocycles. The summed E-state index contributed by atoms with van der Waals surface area (Å²) in [6.07, 6.45) is 1.26. The van der Waals surface area contributed by atoms with E-state index in [0.29, 0.717) is 0 Å². The van der Waals surface area contributed by atoms with E-state index in [0.717, 1.165) is 30.7 Å². The van der Waals surface area contributed by atoms with Crippen LogP contribution < -0.4 is 10.2 Å². The molecule has 5 heteroatoms. The van der Waals surface area contributed by atoms with Crippen molar-refractivity contribution in [2.75, 3.05) is 31.6 Å². The van der Waals surface area contributed by atoms with Crippen LogP contribution in [0.4, 0.5) is 5.13 Å². The van der Waals surface area contributed by atoms with Crippen LogP contribution in [0.25, 0.3) is 0 Å². The van der Waals surface area contributed by atoms with Gasteiger partial charge in [0.25, 0.3) is 0 Å². The van der Waals surface area contributed by atoms with Crippen LogP contribution in [0.3, 0.4) is 0 Å². The number of nitrogens with zero attached hydrogens (tertiary/aromatic N) is 3. The summed E-state index contributed by atoms with van der Waals surface area (Å²) in [6, 6.07) is 0. The molecule has 1 aromatic rings. The summed E-state index contributed by atoms with van der Waals surface area (Å²) in [6.45, 7) is 3.35. The Kier molecular flexibility index (Phi) is 2.75. The molecule has 2 heterocycles. The molecule has 1 saturated heterocycles. The Balaban J connectivity index is 1.91. The van der Waals surface area contributed by atoms with Crippen molar-refractivity contribution in [2.24, 2.45) is 5.92 Å². The quantitative estimate of drug-likeness (QED) is 0.771. The number of hydrogen-bond donors (Lipinski definition) is 1. The highest BCUT2D eigenvalue weighted by Gasteiger charge is 2.23. The first-order valence-corrected chi connectivity index (χ1v) is 5.44. The van der Waals surface area contributed by atoms with Gasteiger partial charge in [0.2, 0.25) is 5.13 Å². The summed E-state index contributed by atoms with van der Waals surface area (Å²) in [5, 5.41) is 12.2. The molecule has 1 fully saturated rings. The van der Waals surface area contributed by atoms with Gasteiger partial charge in [-0.15, -0.1) is 10.2 Å². The lowest BCUT2D eigenvalue weighted by Crippen LogP contribution is -2.24. The SMILES string of the molecule is CNCC1CCN(c2nncs2)C1. The average molecular weight is 198 g/mol. The van der Waals surface area contributed by atoms with Gasteiger partial charge in [-0.2, -0.15) is 0 Å². The summed E-state index contributed by atoms with van der Waals surface area (Å²) in [7, 11) is 2.01. The van der Waals surface area contributed by atoms with Gasteiger partial charge in [0, 0.05) is 13.1 Å². The normalized spacial score (nSPS) is 22.5. The molecule has 0 saturated carbocycles. The smallest absolute Gasteiger partial charge is 0.208 e. The Hall–Kier alpha value is -0.680. The van der Waals surface area contributed by atoms with Crippen molar-refractivity contribution in [1.29, 1.82) is 0 Å². The van der Waals surface area contributed by atoms with Crippen molar-refractivity contribution < 1.29 is 0 Å². The third-order valence-corrected chi connectivity index (χ3v) is 3.15. The van der Waals surface area contributed by atoms with E-state index < -0.39 is 0 Å². The second-order valence-corrected chi connectivity index (χ2v) is 4.19. The third kappa shape index (κ3) is 1.97. The Bertz CT molecular complexity index is 249. The number of aromatic nitrogens is 2. The fourth-order valence-electron chi connectivity index (χ4n) is 1.77. The largest absolute Gasteiger partial charge is 0.346 e. The van der Waals surface area contributed by atoms with E-state index in [4.69, 9.17) is 0 Å². The fourth-order valence-corrected chi connectivity index (χ4v) is 2.36. The highest BCUT2D eigenvalue weighted by Crippen LogP contribution is 2.23. The Morgan fingerprint density at radius 1 is 1.77 bits per heavy atom. The van der Waals surface area contributed by atoms with Gasteiger partial charge in [-0.3, -0.25) is 0 Å². The van der Waals surface area contributed by atoms with E-state index in [1.165, 1.54) is 6.42 Å². The van der Waals surface area contributed by atoms with Gasteiger partial charge in [0.1, 0.15) is 5.51 Å². The first kappa shape index (κ1) is 8.90. The monoisotopic (exact) mass is 198 g/mol. The van der Waals surface area contributed by atoms with E-state index in [9.17, 15) is 0 Å². The topological polar surface area (TPSA) is 41.0 Å². The van der Waals surface area contributed by atoms with Crippen molar-refractivity contribution in [3.8, 4) is 0 Å². The van der Waals surface area contributed by atoms with Crippen LogP contribution >= 0.6 is 11.3 Å². The molecular formula is C8H14N4S. The molecule has 1 aromatic heterocycles. The van der Waals surface area contributed by atoms with Gasteiger partial charge in [0.05, 0.1) is 0 Å². The van der Waals surface area contributed by atoms with Crippen molar-refractivity contribution in [3.05, 3.63) is 5.51 Å². The fraction of sp³-hybridized carbons (Fsp3) is 0.750. The van der Waals surface area contributed by atoms with Crippen molar-refractivity contribution in [3.63, 3.8) is 0 Å². The lowest BCUT2D eigenvalue weighted by molar-refractivity contribution is 0.549. The van der Waals surface area contributed by atoms with Gasteiger partial charge < -0.3 is 10.2 Å². The predicted octanol–water partition coefficient (Wildman–Crippen LogP) is 0.584. The molecule has 13 heavy (non-hydrogen) atoms. The van der Waals surface area contributed by atoms with Crippen LogP contribution in [0.5, 0.6) is 0 Å². The van der Waals surface area contributed by atoms with Crippen LogP contribution in [0.15, 0.2) is 5.51 Å². The molecule has 0 aromatic carbocycles. The minimum atomic E-state index is 0.772. The van der Waals surface area contributed by atoms with Crippen molar-refractivity contribution >= 4 is 16.5 Å². The molecule has 1 atom stereocenters. The molecule has 2 rings (SSSR count). The third-order valence-electron chi connectivity index (χ3n) is 2.40. The van der Waals surface area contributed by atoms with Crippen LogP contribution in [-0.2, 0) is 0 Å². The first-order valence-electron chi connectivity index (χ1n) is 4.56. The average Bonchev–Trinajstić information content (AvgIpc) is 2.70. The maximum atomic E-state index is 4.07. The molecule has 0 amide bonds. The zero-order chi connectivity index (χ0) is 9.10. The molecule has 4 nitrogen and oxygen atoms in total. The maximum absolute atomic E-state index is 4.07. The molecule has 1 unspecified atom stereocenters. The molecule has 0 aliphatic carbocycles. The molecule has 0 bridgehead atoms.